The van der Waals surface area contributed by atoms with Gasteiger partial charge in [0.05, 0.1) is 22.9 Å². The topological polar surface area (TPSA) is 142 Å². The number of hydrogen-bond donors (Lipinski definition) is 1. The molecule has 0 atom stereocenters. The first-order valence-electron chi connectivity index (χ1n) is 9.49. The molecule has 10 heteroatoms. The van der Waals surface area contributed by atoms with Crippen molar-refractivity contribution in [1.29, 1.82) is 0 Å². The molecule has 1 aliphatic heterocycles. The number of piperidine rings is 1. The van der Waals surface area contributed by atoms with Crippen molar-refractivity contribution in [2.24, 2.45) is 11.7 Å². The van der Waals surface area contributed by atoms with Gasteiger partial charge in [0.15, 0.2) is 12.4 Å². The Morgan fingerprint density at radius 3 is 2.73 bits per heavy atom. The molecule has 156 valence electrons. The van der Waals surface area contributed by atoms with Gasteiger partial charge >= 0.3 is 5.97 Å². The highest BCUT2D eigenvalue weighted by Gasteiger charge is 2.27. The molecule has 0 aromatic carbocycles. The monoisotopic (exact) mass is 412 g/mol. The molecule has 1 aliphatic rings. The minimum atomic E-state index is -0.693. The SMILES string of the molecule is Cc1noc2nc(-c3ccco3)cc(C(=O)OCC(=O)N3CCC(C(N)=O)CC3)c12. The first kappa shape index (κ1) is 19.6. The van der Waals surface area contributed by atoms with E-state index in [0.29, 0.717) is 48.5 Å². The first-order valence-corrected chi connectivity index (χ1v) is 9.49. The molecule has 3 aromatic rings. The number of likely N-dealkylation sites (tertiary alicyclic amines) is 1. The summed E-state index contributed by atoms with van der Waals surface area (Å²) in [4.78, 5) is 42.3. The van der Waals surface area contributed by atoms with Crippen LogP contribution in [0.5, 0.6) is 0 Å². The molecule has 4 rings (SSSR count). The normalized spacial score (nSPS) is 14.8. The van der Waals surface area contributed by atoms with E-state index in [-0.39, 0.29) is 29.0 Å². The minimum Gasteiger partial charge on any atom is -0.463 e. The Balaban J connectivity index is 1.49. The number of nitrogens with two attached hydrogens (primary N) is 1. The van der Waals surface area contributed by atoms with E-state index in [4.69, 9.17) is 19.4 Å². The van der Waals surface area contributed by atoms with Crippen LogP contribution in [-0.4, -0.2) is 52.5 Å². The maximum Gasteiger partial charge on any atom is 0.339 e. The van der Waals surface area contributed by atoms with E-state index in [2.05, 4.69) is 10.1 Å². The number of fused-ring (bicyclic) bond motifs is 1. The smallest absolute Gasteiger partial charge is 0.339 e. The molecule has 2 amide bonds. The van der Waals surface area contributed by atoms with Crippen LogP contribution in [0.15, 0.2) is 33.4 Å². The molecule has 30 heavy (non-hydrogen) atoms. The van der Waals surface area contributed by atoms with Crippen LogP contribution in [0.25, 0.3) is 22.6 Å². The predicted molar refractivity (Wildman–Crippen MR) is 103 cm³/mol. The fourth-order valence-electron chi connectivity index (χ4n) is 3.52. The number of carbonyl (C=O) groups is 3. The molecule has 0 aliphatic carbocycles. The third-order valence-electron chi connectivity index (χ3n) is 5.19. The van der Waals surface area contributed by atoms with Crippen LogP contribution in [0.4, 0.5) is 0 Å². The summed E-state index contributed by atoms with van der Waals surface area (Å²) in [7, 11) is 0. The second-order valence-corrected chi connectivity index (χ2v) is 7.11. The molecule has 10 nitrogen and oxygen atoms in total. The van der Waals surface area contributed by atoms with Gasteiger partial charge < -0.3 is 24.3 Å². The molecular weight excluding hydrogens is 392 g/mol. The van der Waals surface area contributed by atoms with E-state index >= 15 is 0 Å². The fraction of sp³-hybridized carbons (Fsp3) is 0.350. The lowest BCUT2D eigenvalue weighted by molar-refractivity contribution is -0.137. The first-order chi connectivity index (χ1) is 14.4. The Bertz CT molecular complexity index is 1100. The van der Waals surface area contributed by atoms with Gasteiger partial charge in [0.25, 0.3) is 11.6 Å². The van der Waals surface area contributed by atoms with Crippen molar-refractivity contribution in [3.63, 3.8) is 0 Å². The standard InChI is InChI=1S/C20H20N4O6/c1-11-17-13(9-14(15-3-2-8-28-15)22-19(17)30-23-11)20(27)29-10-16(25)24-6-4-12(5-7-24)18(21)26/h2-3,8-9,12H,4-7,10H2,1H3,(H2,21,26). The maximum absolute atomic E-state index is 12.8. The van der Waals surface area contributed by atoms with Gasteiger partial charge in [-0.1, -0.05) is 5.16 Å². The average molecular weight is 412 g/mol. The number of primary amides is 1. The van der Waals surface area contributed by atoms with Crippen molar-refractivity contribution in [2.75, 3.05) is 19.7 Å². The molecule has 0 bridgehead atoms. The second-order valence-electron chi connectivity index (χ2n) is 7.11. The van der Waals surface area contributed by atoms with Gasteiger partial charge in [-0.3, -0.25) is 9.59 Å². The average Bonchev–Trinajstić information content (AvgIpc) is 3.41. The van der Waals surface area contributed by atoms with Crippen molar-refractivity contribution in [3.8, 4) is 11.5 Å². The van der Waals surface area contributed by atoms with Crippen LogP contribution in [0, 0.1) is 12.8 Å². The lowest BCUT2D eigenvalue weighted by Gasteiger charge is -2.30. The summed E-state index contributed by atoms with van der Waals surface area (Å²) < 4.78 is 15.8. The van der Waals surface area contributed by atoms with E-state index < -0.39 is 12.6 Å². The maximum atomic E-state index is 12.8. The summed E-state index contributed by atoms with van der Waals surface area (Å²) in [6, 6.07) is 4.92. The number of rotatable bonds is 5. The van der Waals surface area contributed by atoms with Gasteiger partial charge in [-0.25, -0.2) is 9.78 Å². The van der Waals surface area contributed by atoms with Gasteiger partial charge in [-0.2, -0.15) is 0 Å². The van der Waals surface area contributed by atoms with Gasteiger partial charge in [-0.05, 0) is 38.0 Å². The van der Waals surface area contributed by atoms with Crippen LogP contribution < -0.4 is 5.73 Å². The van der Waals surface area contributed by atoms with E-state index in [0.717, 1.165) is 0 Å². The van der Waals surface area contributed by atoms with Gasteiger partial charge in [0.2, 0.25) is 5.91 Å². The van der Waals surface area contributed by atoms with Crippen LogP contribution >= 0.6 is 0 Å². The molecule has 1 saturated heterocycles. The Morgan fingerprint density at radius 1 is 1.30 bits per heavy atom. The van der Waals surface area contributed by atoms with Crippen molar-refractivity contribution in [2.45, 2.75) is 19.8 Å². The van der Waals surface area contributed by atoms with E-state index in [1.807, 2.05) is 0 Å². The molecule has 0 radical (unpaired) electrons. The summed E-state index contributed by atoms with van der Waals surface area (Å²) in [5.74, 6) is -1.15. The zero-order chi connectivity index (χ0) is 21.3. The summed E-state index contributed by atoms with van der Waals surface area (Å²) in [5, 5.41) is 4.28. The molecular formula is C20H20N4O6. The number of furan rings is 1. The number of ether oxygens (including phenoxy) is 1. The van der Waals surface area contributed by atoms with Crippen LogP contribution in [0.2, 0.25) is 0 Å². The summed E-state index contributed by atoms with van der Waals surface area (Å²) >= 11 is 0. The number of carbonyl (C=O) groups excluding carboxylic acids is 3. The zero-order valence-corrected chi connectivity index (χ0v) is 16.3. The largest absolute Gasteiger partial charge is 0.463 e. The quantitative estimate of drug-likeness (QED) is 0.624. The second kappa shape index (κ2) is 7.97. The number of pyridine rings is 1. The fourth-order valence-corrected chi connectivity index (χ4v) is 3.52. The summed E-state index contributed by atoms with van der Waals surface area (Å²) in [5.41, 5.74) is 6.54. The zero-order valence-electron chi connectivity index (χ0n) is 16.3. The summed E-state index contributed by atoms with van der Waals surface area (Å²) in [6.45, 7) is 2.07. The highest BCUT2D eigenvalue weighted by Crippen LogP contribution is 2.28. The van der Waals surface area contributed by atoms with Crippen LogP contribution in [0.1, 0.15) is 28.9 Å². The Morgan fingerprint density at radius 2 is 2.07 bits per heavy atom. The van der Waals surface area contributed by atoms with Gasteiger partial charge in [-0.15, -0.1) is 0 Å². The van der Waals surface area contributed by atoms with Crippen molar-refractivity contribution >= 4 is 28.9 Å². The van der Waals surface area contributed by atoms with E-state index in [1.54, 1.807) is 24.0 Å². The van der Waals surface area contributed by atoms with Crippen LogP contribution in [0.3, 0.4) is 0 Å². The number of aromatic nitrogens is 2. The van der Waals surface area contributed by atoms with Gasteiger partial charge in [0.1, 0.15) is 5.69 Å². The van der Waals surface area contributed by atoms with E-state index in [1.165, 1.54) is 12.3 Å². The minimum absolute atomic E-state index is 0.174. The molecule has 3 aromatic heterocycles. The predicted octanol–water partition coefficient (Wildman–Crippen LogP) is 1.67. The molecule has 0 spiro atoms. The molecule has 1 fully saturated rings. The molecule has 4 heterocycles. The Kier molecular flexibility index (Phi) is 5.21. The number of amides is 2. The molecule has 0 saturated carbocycles. The van der Waals surface area contributed by atoms with E-state index in [9.17, 15) is 14.4 Å². The molecule has 2 N–H and O–H groups in total. The number of aryl methyl sites for hydroxylation is 1. The lowest BCUT2D eigenvalue weighted by atomic mass is 9.96. The van der Waals surface area contributed by atoms with Gasteiger partial charge in [0, 0.05) is 19.0 Å². The lowest BCUT2D eigenvalue weighted by Crippen LogP contribution is -2.43. The summed E-state index contributed by atoms with van der Waals surface area (Å²) in [6.07, 6.45) is 2.50. The number of esters is 1. The number of nitrogens with zero attached hydrogens (tertiary/aromatic N) is 3. The van der Waals surface area contributed by atoms with Crippen molar-refractivity contribution in [1.82, 2.24) is 15.0 Å². The Labute approximate surface area is 170 Å². The number of hydrogen-bond acceptors (Lipinski definition) is 8. The highest BCUT2D eigenvalue weighted by atomic mass is 16.5. The highest BCUT2D eigenvalue weighted by molar-refractivity contribution is 6.04. The third kappa shape index (κ3) is 3.76. The van der Waals surface area contributed by atoms with Crippen LogP contribution in [-0.2, 0) is 14.3 Å². The Hall–Kier alpha value is -3.69. The van der Waals surface area contributed by atoms with Crippen molar-refractivity contribution < 1.29 is 28.1 Å². The third-order valence-corrected chi connectivity index (χ3v) is 5.19. The van der Waals surface area contributed by atoms with Crippen molar-refractivity contribution in [3.05, 3.63) is 35.7 Å². The molecule has 0 unspecified atom stereocenters.